The number of nitrogens with one attached hydrogen (secondary N) is 1. The van der Waals surface area contributed by atoms with Crippen molar-refractivity contribution < 1.29 is 22.7 Å². The molecular formula is C25H25ClN2O5S. The molecule has 1 unspecified atom stereocenters. The van der Waals surface area contributed by atoms with Gasteiger partial charge in [-0.05, 0) is 61.4 Å². The first-order valence-corrected chi connectivity index (χ1v) is 12.6. The number of aryl methyl sites for hydroxylation is 1. The summed E-state index contributed by atoms with van der Waals surface area (Å²) in [5.74, 6) is 0.819. The third kappa shape index (κ3) is 5.13. The van der Waals surface area contributed by atoms with Crippen LogP contribution in [0.3, 0.4) is 0 Å². The summed E-state index contributed by atoms with van der Waals surface area (Å²) in [6.07, 6.45) is 0. The predicted molar refractivity (Wildman–Crippen MR) is 131 cm³/mol. The van der Waals surface area contributed by atoms with Crippen LogP contribution in [-0.2, 0) is 14.8 Å². The van der Waals surface area contributed by atoms with Crippen molar-refractivity contribution in [2.45, 2.75) is 24.8 Å². The lowest BCUT2D eigenvalue weighted by Gasteiger charge is -2.27. The molecule has 0 spiro atoms. The Bertz CT molecular complexity index is 1300. The van der Waals surface area contributed by atoms with Crippen molar-refractivity contribution in [3.05, 3.63) is 82.9 Å². The molecule has 1 aliphatic rings. The third-order valence-electron chi connectivity index (χ3n) is 5.50. The van der Waals surface area contributed by atoms with E-state index in [0.29, 0.717) is 41.0 Å². The van der Waals surface area contributed by atoms with Crippen LogP contribution in [0.4, 0.5) is 5.69 Å². The third-order valence-corrected chi connectivity index (χ3v) is 7.51. The highest BCUT2D eigenvalue weighted by Crippen LogP contribution is 2.33. The van der Waals surface area contributed by atoms with Gasteiger partial charge in [0.05, 0.1) is 16.6 Å². The van der Waals surface area contributed by atoms with Crippen molar-refractivity contribution in [3.63, 3.8) is 0 Å². The molecule has 0 saturated heterocycles. The largest absolute Gasteiger partial charge is 0.486 e. The Kier molecular flexibility index (Phi) is 7.00. The Morgan fingerprint density at radius 1 is 1.03 bits per heavy atom. The van der Waals surface area contributed by atoms with Gasteiger partial charge in [0.2, 0.25) is 5.91 Å². The molecule has 1 amide bonds. The number of anilines is 1. The van der Waals surface area contributed by atoms with E-state index < -0.39 is 22.5 Å². The molecule has 0 aromatic heterocycles. The highest BCUT2D eigenvalue weighted by molar-refractivity contribution is 7.92. The Morgan fingerprint density at radius 2 is 1.74 bits per heavy atom. The van der Waals surface area contributed by atoms with Gasteiger partial charge in [-0.1, -0.05) is 41.9 Å². The zero-order chi connectivity index (χ0) is 24.3. The fourth-order valence-corrected chi connectivity index (χ4v) is 5.37. The first-order valence-electron chi connectivity index (χ1n) is 10.8. The number of halogens is 1. The summed E-state index contributed by atoms with van der Waals surface area (Å²) in [6.45, 7) is 4.14. The number of carbonyl (C=O) groups is 1. The Labute approximate surface area is 204 Å². The summed E-state index contributed by atoms with van der Waals surface area (Å²) in [4.78, 5) is 13.2. The molecule has 9 heteroatoms. The lowest BCUT2D eigenvalue weighted by atomic mass is 10.1. The fourth-order valence-electron chi connectivity index (χ4n) is 3.70. The number of benzene rings is 3. The molecule has 1 atom stereocenters. The van der Waals surface area contributed by atoms with Crippen LogP contribution in [0.25, 0.3) is 0 Å². The van der Waals surface area contributed by atoms with Crippen LogP contribution in [-0.4, -0.2) is 34.1 Å². The zero-order valence-electron chi connectivity index (χ0n) is 18.8. The minimum absolute atomic E-state index is 0.0852. The topological polar surface area (TPSA) is 84.9 Å². The van der Waals surface area contributed by atoms with Crippen LogP contribution >= 0.6 is 11.6 Å². The van der Waals surface area contributed by atoms with Gasteiger partial charge in [0.15, 0.2) is 11.5 Å². The van der Waals surface area contributed by atoms with Crippen molar-refractivity contribution in [1.82, 2.24) is 5.32 Å². The van der Waals surface area contributed by atoms with Crippen LogP contribution in [0.2, 0.25) is 5.02 Å². The fraction of sp³-hybridized carbons (Fsp3) is 0.240. The molecular weight excluding hydrogens is 476 g/mol. The van der Waals surface area contributed by atoms with E-state index in [9.17, 15) is 13.2 Å². The zero-order valence-corrected chi connectivity index (χ0v) is 20.4. The first kappa shape index (κ1) is 23.9. The quantitative estimate of drug-likeness (QED) is 0.516. The van der Waals surface area contributed by atoms with Gasteiger partial charge < -0.3 is 14.8 Å². The van der Waals surface area contributed by atoms with Gasteiger partial charge in [-0.2, -0.15) is 0 Å². The molecule has 1 N–H and O–H groups in total. The Balaban J connectivity index is 1.60. The molecule has 7 nitrogen and oxygen atoms in total. The van der Waals surface area contributed by atoms with Crippen molar-refractivity contribution >= 4 is 33.2 Å². The minimum Gasteiger partial charge on any atom is -0.486 e. The molecule has 1 heterocycles. The summed E-state index contributed by atoms with van der Waals surface area (Å²) in [6, 6.07) is 18.0. The number of hydrogen-bond acceptors (Lipinski definition) is 5. The number of nitrogens with zero attached hydrogens (tertiary/aromatic N) is 1. The van der Waals surface area contributed by atoms with E-state index in [4.69, 9.17) is 21.1 Å². The number of hydrogen-bond donors (Lipinski definition) is 1. The molecule has 0 saturated carbocycles. The average molecular weight is 501 g/mol. The molecule has 3 aromatic rings. The average Bonchev–Trinajstić information content (AvgIpc) is 2.84. The molecule has 3 aromatic carbocycles. The molecule has 0 radical (unpaired) electrons. The minimum atomic E-state index is -4.02. The van der Waals surface area contributed by atoms with Crippen LogP contribution in [0, 0.1) is 6.92 Å². The molecule has 4 rings (SSSR count). The summed E-state index contributed by atoms with van der Waals surface area (Å²) in [5.41, 5.74) is 1.84. The highest BCUT2D eigenvalue weighted by atomic mass is 35.5. The number of carbonyl (C=O) groups excluding carboxylic acids is 1. The van der Waals surface area contributed by atoms with E-state index in [2.05, 4.69) is 5.32 Å². The van der Waals surface area contributed by atoms with Crippen LogP contribution in [0.5, 0.6) is 11.5 Å². The van der Waals surface area contributed by atoms with Gasteiger partial charge in [0.1, 0.15) is 19.8 Å². The van der Waals surface area contributed by atoms with E-state index in [0.717, 1.165) is 9.87 Å². The Morgan fingerprint density at radius 3 is 2.47 bits per heavy atom. The predicted octanol–water partition coefficient (Wildman–Crippen LogP) is 4.49. The summed E-state index contributed by atoms with van der Waals surface area (Å²) >= 11 is 6.17. The highest BCUT2D eigenvalue weighted by Gasteiger charge is 2.29. The normalized spacial score (nSPS) is 13.7. The second kappa shape index (κ2) is 9.95. The van der Waals surface area contributed by atoms with Gasteiger partial charge >= 0.3 is 0 Å². The summed E-state index contributed by atoms with van der Waals surface area (Å²) in [5, 5.41) is 3.26. The number of ether oxygens (including phenoxy) is 2. The molecule has 0 aliphatic carbocycles. The number of sulfonamides is 1. The van der Waals surface area contributed by atoms with Gasteiger partial charge in [0, 0.05) is 5.02 Å². The van der Waals surface area contributed by atoms with E-state index >= 15 is 0 Å². The van der Waals surface area contributed by atoms with Crippen LogP contribution < -0.4 is 19.1 Å². The number of rotatable bonds is 7. The van der Waals surface area contributed by atoms with Crippen LogP contribution in [0.1, 0.15) is 24.1 Å². The summed E-state index contributed by atoms with van der Waals surface area (Å²) in [7, 11) is -4.02. The molecule has 1 aliphatic heterocycles. The standard InChI is InChI=1S/C25H25ClN2O5S/c1-17-8-10-20(26)15-22(17)28(34(30,31)21-6-4-3-5-7-21)16-25(29)27-18(2)19-9-11-23-24(14-19)33-13-12-32-23/h3-11,14-15,18H,12-13,16H2,1-2H3,(H,27,29). The maximum absolute atomic E-state index is 13.5. The lowest BCUT2D eigenvalue weighted by Crippen LogP contribution is -2.42. The maximum Gasteiger partial charge on any atom is 0.264 e. The summed E-state index contributed by atoms with van der Waals surface area (Å²) < 4.78 is 39.3. The van der Waals surface area contributed by atoms with E-state index in [-0.39, 0.29) is 10.9 Å². The molecule has 178 valence electrons. The number of fused-ring (bicyclic) bond motifs is 1. The van der Waals surface area contributed by atoms with Gasteiger partial charge in [-0.15, -0.1) is 0 Å². The second-order valence-electron chi connectivity index (χ2n) is 7.95. The molecule has 34 heavy (non-hydrogen) atoms. The van der Waals surface area contributed by atoms with E-state index in [1.165, 1.54) is 12.1 Å². The Hall–Kier alpha value is -3.23. The monoisotopic (exact) mass is 500 g/mol. The van der Waals surface area contributed by atoms with E-state index in [1.54, 1.807) is 49.4 Å². The van der Waals surface area contributed by atoms with Crippen molar-refractivity contribution in [1.29, 1.82) is 0 Å². The lowest BCUT2D eigenvalue weighted by molar-refractivity contribution is -0.120. The molecule has 0 fully saturated rings. The van der Waals surface area contributed by atoms with Crippen molar-refractivity contribution in [2.75, 3.05) is 24.1 Å². The molecule has 0 bridgehead atoms. The number of amides is 1. The van der Waals surface area contributed by atoms with Gasteiger partial charge in [-0.25, -0.2) is 8.42 Å². The second-order valence-corrected chi connectivity index (χ2v) is 10.2. The smallest absolute Gasteiger partial charge is 0.264 e. The van der Waals surface area contributed by atoms with Crippen molar-refractivity contribution in [2.24, 2.45) is 0 Å². The first-order chi connectivity index (χ1) is 16.3. The van der Waals surface area contributed by atoms with Gasteiger partial charge in [0.25, 0.3) is 10.0 Å². The van der Waals surface area contributed by atoms with Crippen molar-refractivity contribution in [3.8, 4) is 11.5 Å². The maximum atomic E-state index is 13.5. The van der Waals surface area contributed by atoms with Crippen LogP contribution in [0.15, 0.2) is 71.6 Å². The SMILES string of the molecule is Cc1ccc(Cl)cc1N(CC(=O)NC(C)c1ccc2c(c1)OCCO2)S(=O)(=O)c1ccccc1. The van der Waals surface area contributed by atoms with E-state index in [1.807, 2.05) is 19.1 Å². The van der Waals surface area contributed by atoms with Gasteiger partial charge in [-0.3, -0.25) is 9.10 Å².